The van der Waals surface area contributed by atoms with Crippen LogP contribution in [0, 0.1) is 11.3 Å². The predicted molar refractivity (Wildman–Crippen MR) is 93.2 cm³/mol. The van der Waals surface area contributed by atoms with E-state index < -0.39 is 0 Å². The first-order valence-electron chi connectivity index (χ1n) is 7.34. The lowest BCUT2D eigenvalue weighted by Gasteiger charge is -2.21. The third-order valence-corrected chi connectivity index (χ3v) is 4.80. The summed E-state index contributed by atoms with van der Waals surface area (Å²) in [7, 11) is 1.74. The molecule has 120 valence electrons. The number of hydrogen-bond donors (Lipinski definition) is 3. The fourth-order valence-electron chi connectivity index (χ4n) is 2.26. The van der Waals surface area contributed by atoms with Crippen LogP contribution in [0.2, 0.25) is 0 Å². The average molecular weight is 328 g/mol. The Morgan fingerprint density at radius 3 is 2.70 bits per heavy atom. The number of aliphatic hydroxyl groups is 1. The maximum atomic E-state index is 9.43. The minimum atomic E-state index is -0.302. The monoisotopic (exact) mass is 328 g/mol. The zero-order valence-electron chi connectivity index (χ0n) is 12.9. The normalized spacial score (nSPS) is 13.1. The summed E-state index contributed by atoms with van der Waals surface area (Å²) in [5, 5.41) is 21.7. The highest BCUT2D eigenvalue weighted by Crippen LogP contribution is 2.40. The first kappa shape index (κ1) is 17.3. The summed E-state index contributed by atoms with van der Waals surface area (Å²) in [5.41, 5.74) is 7.58. The van der Waals surface area contributed by atoms with Gasteiger partial charge in [0.15, 0.2) is 0 Å². The Hall–Kier alpha value is -2.07. The second-order valence-corrected chi connectivity index (χ2v) is 6.33. The van der Waals surface area contributed by atoms with Gasteiger partial charge in [-0.15, -0.1) is 11.8 Å². The van der Waals surface area contributed by atoms with Gasteiger partial charge in [0, 0.05) is 29.4 Å². The van der Waals surface area contributed by atoms with Gasteiger partial charge in [-0.1, -0.05) is 30.3 Å². The number of aromatic nitrogens is 1. The van der Waals surface area contributed by atoms with E-state index in [1.165, 1.54) is 0 Å². The molecule has 0 saturated heterocycles. The lowest BCUT2D eigenvalue weighted by molar-refractivity contribution is 0.259. The first-order chi connectivity index (χ1) is 11.2. The van der Waals surface area contributed by atoms with Crippen LogP contribution in [0.1, 0.15) is 22.8 Å². The molecule has 1 aromatic carbocycles. The van der Waals surface area contributed by atoms with Gasteiger partial charge < -0.3 is 16.2 Å². The van der Waals surface area contributed by atoms with Crippen molar-refractivity contribution in [2.75, 3.05) is 19.0 Å². The van der Waals surface area contributed by atoms with Crippen LogP contribution in [0.3, 0.4) is 0 Å². The summed E-state index contributed by atoms with van der Waals surface area (Å²) >= 11 is 1.57. The molecule has 0 spiro atoms. The molecule has 5 nitrogen and oxygen atoms in total. The second-order valence-electron chi connectivity index (χ2n) is 5.09. The molecule has 0 saturated carbocycles. The lowest BCUT2D eigenvalue weighted by atomic mass is 10.1. The Bertz CT molecular complexity index is 672. The van der Waals surface area contributed by atoms with Crippen molar-refractivity contribution in [1.29, 1.82) is 5.26 Å². The molecule has 2 aromatic rings. The van der Waals surface area contributed by atoms with Crippen LogP contribution < -0.4 is 11.1 Å². The van der Waals surface area contributed by atoms with Gasteiger partial charge in [-0.05, 0) is 18.1 Å². The summed E-state index contributed by atoms with van der Waals surface area (Å²) < 4.78 is 0. The Labute approximate surface area is 140 Å². The molecule has 6 heteroatoms. The van der Waals surface area contributed by atoms with Crippen molar-refractivity contribution in [3.63, 3.8) is 0 Å². The molecule has 2 rings (SSSR count). The van der Waals surface area contributed by atoms with Gasteiger partial charge in [0.1, 0.15) is 17.5 Å². The molecule has 0 aliphatic carbocycles. The largest absolute Gasteiger partial charge is 0.395 e. The van der Waals surface area contributed by atoms with E-state index in [2.05, 4.69) is 16.4 Å². The fourth-order valence-corrected chi connectivity index (χ4v) is 3.61. The van der Waals surface area contributed by atoms with Gasteiger partial charge in [0.2, 0.25) is 0 Å². The predicted octanol–water partition coefficient (Wildman–Crippen LogP) is 2.54. The Morgan fingerprint density at radius 1 is 1.35 bits per heavy atom. The smallest absolute Gasteiger partial charge is 0.144 e. The third kappa shape index (κ3) is 4.45. The number of pyridine rings is 1. The minimum absolute atomic E-state index is 0.0533. The Kier molecular flexibility index (Phi) is 6.41. The van der Waals surface area contributed by atoms with Crippen LogP contribution in [0.4, 0.5) is 5.82 Å². The number of aliphatic hydroxyl groups excluding tert-OH is 1. The van der Waals surface area contributed by atoms with Crippen LogP contribution in [-0.2, 0) is 0 Å². The van der Waals surface area contributed by atoms with Crippen LogP contribution in [0.15, 0.2) is 47.5 Å². The molecule has 0 amide bonds. The van der Waals surface area contributed by atoms with Gasteiger partial charge in [-0.2, -0.15) is 5.26 Å². The van der Waals surface area contributed by atoms with E-state index in [9.17, 15) is 10.4 Å². The van der Waals surface area contributed by atoms with Crippen LogP contribution in [0.25, 0.3) is 0 Å². The van der Waals surface area contributed by atoms with E-state index in [-0.39, 0.29) is 17.9 Å². The van der Waals surface area contributed by atoms with Crippen molar-refractivity contribution in [3.05, 3.63) is 53.7 Å². The number of nitrogens with one attached hydrogen (secondary N) is 1. The highest BCUT2D eigenvalue weighted by atomic mass is 32.2. The highest BCUT2D eigenvalue weighted by molar-refractivity contribution is 7.99. The maximum Gasteiger partial charge on any atom is 0.144 e. The van der Waals surface area contributed by atoms with Gasteiger partial charge >= 0.3 is 0 Å². The van der Waals surface area contributed by atoms with E-state index in [0.717, 1.165) is 10.5 Å². The average Bonchev–Trinajstić information content (AvgIpc) is 2.61. The summed E-state index contributed by atoms with van der Waals surface area (Å²) in [4.78, 5) is 5.03. The van der Waals surface area contributed by atoms with Gasteiger partial charge in [0.05, 0.1) is 6.61 Å². The van der Waals surface area contributed by atoms with Gasteiger partial charge in [-0.3, -0.25) is 0 Å². The molecule has 2 atom stereocenters. The van der Waals surface area contributed by atoms with Gasteiger partial charge in [0.25, 0.3) is 0 Å². The van der Waals surface area contributed by atoms with E-state index in [1.54, 1.807) is 25.0 Å². The molecule has 1 aromatic heterocycles. The van der Waals surface area contributed by atoms with Crippen molar-refractivity contribution in [3.8, 4) is 6.07 Å². The summed E-state index contributed by atoms with van der Waals surface area (Å²) in [6.07, 6.45) is 2.30. The molecule has 0 aliphatic rings. The minimum Gasteiger partial charge on any atom is -0.395 e. The van der Waals surface area contributed by atoms with Crippen molar-refractivity contribution in [2.24, 2.45) is 5.73 Å². The zero-order chi connectivity index (χ0) is 16.7. The lowest BCUT2D eigenvalue weighted by Crippen LogP contribution is -2.26. The SMILES string of the molecule is CNc1nccc(S[C@H](C[C@H](N)CO)c2ccccc2)c1C#N. The van der Waals surface area contributed by atoms with Crippen LogP contribution in [-0.4, -0.2) is 29.8 Å². The highest BCUT2D eigenvalue weighted by Gasteiger charge is 2.19. The molecule has 0 fully saturated rings. The number of rotatable bonds is 7. The Balaban J connectivity index is 2.33. The third-order valence-electron chi connectivity index (χ3n) is 3.45. The van der Waals surface area contributed by atoms with Crippen molar-refractivity contribution >= 4 is 17.6 Å². The molecular formula is C17H20N4OS. The molecule has 0 unspecified atom stereocenters. The number of thioether (sulfide) groups is 1. The molecule has 0 bridgehead atoms. The van der Waals surface area contributed by atoms with E-state index in [4.69, 9.17) is 5.73 Å². The number of hydrogen-bond acceptors (Lipinski definition) is 6. The van der Waals surface area contributed by atoms with Crippen LogP contribution in [0.5, 0.6) is 0 Å². The number of nitriles is 1. The standard InChI is InChI=1S/C17H20N4OS/c1-20-17-14(10-18)15(7-8-21-17)23-16(9-13(19)11-22)12-5-3-2-4-6-12/h2-8,13,16,22H,9,11,19H2,1H3,(H,20,21)/t13-,16+/m0/s1. The topological polar surface area (TPSA) is 95.0 Å². The van der Waals surface area contributed by atoms with Crippen LogP contribution >= 0.6 is 11.8 Å². The molecular weight excluding hydrogens is 308 g/mol. The maximum absolute atomic E-state index is 9.43. The fraction of sp³-hybridized carbons (Fsp3) is 0.294. The molecule has 1 heterocycles. The number of nitrogens with zero attached hydrogens (tertiary/aromatic N) is 2. The van der Waals surface area contributed by atoms with E-state index in [1.807, 2.05) is 36.4 Å². The van der Waals surface area contributed by atoms with E-state index >= 15 is 0 Å². The van der Waals surface area contributed by atoms with Crippen molar-refractivity contribution in [2.45, 2.75) is 22.6 Å². The van der Waals surface area contributed by atoms with Crippen molar-refractivity contribution in [1.82, 2.24) is 4.98 Å². The van der Waals surface area contributed by atoms with Crippen molar-refractivity contribution < 1.29 is 5.11 Å². The molecule has 0 aliphatic heterocycles. The van der Waals surface area contributed by atoms with E-state index in [0.29, 0.717) is 17.8 Å². The molecule has 4 N–H and O–H groups in total. The number of anilines is 1. The molecule has 23 heavy (non-hydrogen) atoms. The quantitative estimate of drug-likeness (QED) is 0.676. The summed E-state index contributed by atoms with van der Waals surface area (Å²) in [6, 6.07) is 13.7. The van der Waals surface area contributed by atoms with Gasteiger partial charge in [-0.25, -0.2) is 4.98 Å². The summed E-state index contributed by atoms with van der Waals surface area (Å²) in [6.45, 7) is -0.0624. The molecule has 0 radical (unpaired) electrons. The zero-order valence-corrected chi connectivity index (χ0v) is 13.8. The first-order valence-corrected chi connectivity index (χ1v) is 8.22. The number of benzene rings is 1. The Morgan fingerprint density at radius 2 is 2.09 bits per heavy atom. The number of nitrogens with two attached hydrogens (primary N) is 1. The second kappa shape index (κ2) is 8.53. The summed E-state index contributed by atoms with van der Waals surface area (Å²) in [5.74, 6) is 0.566.